The van der Waals surface area contributed by atoms with Gasteiger partial charge in [0, 0.05) is 20.1 Å². The van der Waals surface area contributed by atoms with Crippen molar-refractivity contribution >= 4 is 17.7 Å². The van der Waals surface area contributed by atoms with Crippen molar-refractivity contribution in [2.24, 2.45) is 0 Å². The summed E-state index contributed by atoms with van der Waals surface area (Å²) in [7, 11) is 3.57. The molecule has 84 valence electrons. The molecule has 0 spiro atoms. The molecule has 0 aromatic rings. The summed E-state index contributed by atoms with van der Waals surface area (Å²) in [6.45, 7) is 4.04. The minimum absolute atomic E-state index is 0.0816. The van der Waals surface area contributed by atoms with Crippen LogP contribution in [0.2, 0.25) is 0 Å². The number of likely N-dealkylation sites (N-methyl/N-ethyl adjacent to an activating group) is 1. The molecule has 2 unspecified atom stereocenters. The molecular formula is C10H22N2OS. The lowest BCUT2D eigenvalue weighted by Gasteiger charge is -2.21. The Labute approximate surface area is 91.6 Å². The van der Waals surface area contributed by atoms with Crippen LogP contribution in [0.3, 0.4) is 0 Å². The van der Waals surface area contributed by atoms with Crippen molar-refractivity contribution in [2.75, 3.05) is 26.1 Å². The lowest BCUT2D eigenvalue weighted by molar-refractivity contribution is -0.130. The van der Waals surface area contributed by atoms with Gasteiger partial charge in [-0.25, -0.2) is 0 Å². The van der Waals surface area contributed by atoms with Crippen LogP contribution in [0.15, 0.2) is 0 Å². The summed E-state index contributed by atoms with van der Waals surface area (Å²) < 4.78 is 0. The van der Waals surface area contributed by atoms with Gasteiger partial charge in [-0.05, 0) is 32.3 Å². The van der Waals surface area contributed by atoms with E-state index in [1.165, 1.54) is 0 Å². The van der Waals surface area contributed by atoms with Crippen LogP contribution < -0.4 is 5.32 Å². The molecule has 0 bridgehead atoms. The third-order valence-corrected chi connectivity index (χ3v) is 2.74. The van der Waals surface area contributed by atoms with Gasteiger partial charge in [0.15, 0.2) is 0 Å². The maximum Gasteiger partial charge on any atom is 0.238 e. The van der Waals surface area contributed by atoms with Crippen LogP contribution in [0.4, 0.5) is 0 Å². The summed E-state index contributed by atoms with van der Waals surface area (Å²) in [4.78, 5) is 13.1. The Balaban J connectivity index is 3.80. The van der Waals surface area contributed by atoms with Crippen molar-refractivity contribution in [3.63, 3.8) is 0 Å². The minimum Gasteiger partial charge on any atom is -0.347 e. The molecule has 3 nitrogen and oxygen atoms in total. The number of carbonyl (C=O) groups excluding carboxylic acids is 1. The second kappa shape index (κ2) is 7.12. The van der Waals surface area contributed by atoms with Gasteiger partial charge >= 0.3 is 0 Å². The first-order valence-electron chi connectivity index (χ1n) is 4.95. The number of amides is 1. The van der Waals surface area contributed by atoms with Crippen LogP contribution in [0.25, 0.3) is 0 Å². The standard InChI is InChI=1S/C10H22N2OS/c1-8(6-7-14-5)11-9(2)10(13)12(3)4/h8-9,11H,6-7H2,1-5H3. The maximum absolute atomic E-state index is 11.5. The number of thioether (sulfide) groups is 1. The average Bonchev–Trinajstić information content (AvgIpc) is 2.13. The maximum atomic E-state index is 11.5. The number of nitrogens with zero attached hydrogens (tertiary/aromatic N) is 1. The first-order chi connectivity index (χ1) is 6.49. The Morgan fingerprint density at radius 3 is 2.43 bits per heavy atom. The SMILES string of the molecule is CSCCC(C)NC(C)C(=O)N(C)C. The van der Waals surface area contributed by atoms with Crippen LogP contribution in [-0.4, -0.2) is 49.0 Å². The Bertz CT molecular complexity index is 174. The van der Waals surface area contributed by atoms with Crippen LogP contribution in [0.5, 0.6) is 0 Å². The number of hydrogen-bond donors (Lipinski definition) is 1. The molecule has 0 saturated carbocycles. The van der Waals surface area contributed by atoms with Crippen molar-refractivity contribution in [3.05, 3.63) is 0 Å². The van der Waals surface area contributed by atoms with Crippen molar-refractivity contribution in [3.8, 4) is 0 Å². The van der Waals surface area contributed by atoms with Crippen molar-refractivity contribution < 1.29 is 4.79 Å². The van der Waals surface area contributed by atoms with E-state index in [-0.39, 0.29) is 11.9 Å². The van der Waals surface area contributed by atoms with E-state index in [0.29, 0.717) is 6.04 Å². The monoisotopic (exact) mass is 218 g/mol. The van der Waals surface area contributed by atoms with E-state index in [1.807, 2.05) is 18.7 Å². The molecule has 0 aromatic carbocycles. The fraction of sp³-hybridized carbons (Fsp3) is 0.900. The highest BCUT2D eigenvalue weighted by Crippen LogP contribution is 2.01. The molecule has 1 amide bonds. The lowest BCUT2D eigenvalue weighted by atomic mass is 10.2. The van der Waals surface area contributed by atoms with E-state index < -0.39 is 0 Å². The van der Waals surface area contributed by atoms with E-state index in [0.717, 1.165) is 12.2 Å². The van der Waals surface area contributed by atoms with Gasteiger partial charge in [-0.1, -0.05) is 0 Å². The molecule has 0 heterocycles. The zero-order valence-electron chi connectivity index (χ0n) is 9.83. The van der Waals surface area contributed by atoms with E-state index in [9.17, 15) is 4.79 Å². The normalized spacial score (nSPS) is 14.9. The predicted molar refractivity (Wildman–Crippen MR) is 63.8 cm³/mol. The molecule has 0 aliphatic carbocycles. The van der Waals surface area contributed by atoms with Gasteiger partial charge in [-0.2, -0.15) is 11.8 Å². The van der Waals surface area contributed by atoms with Gasteiger partial charge in [0.25, 0.3) is 0 Å². The highest BCUT2D eigenvalue weighted by Gasteiger charge is 2.16. The third kappa shape index (κ3) is 5.50. The number of nitrogens with one attached hydrogen (secondary N) is 1. The van der Waals surface area contributed by atoms with Crippen molar-refractivity contribution in [1.82, 2.24) is 10.2 Å². The topological polar surface area (TPSA) is 32.3 Å². The van der Waals surface area contributed by atoms with Gasteiger partial charge in [-0.15, -0.1) is 0 Å². The average molecular weight is 218 g/mol. The second-order valence-corrected chi connectivity index (χ2v) is 4.79. The van der Waals surface area contributed by atoms with E-state index >= 15 is 0 Å². The van der Waals surface area contributed by atoms with Gasteiger partial charge in [-0.3, -0.25) is 4.79 Å². The molecule has 4 heteroatoms. The van der Waals surface area contributed by atoms with Crippen molar-refractivity contribution in [2.45, 2.75) is 32.4 Å². The predicted octanol–water partition coefficient (Wildman–Crippen LogP) is 1.19. The first kappa shape index (κ1) is 13.8. The summed E-state index contributed by atoms with van der Waals surface area (Å²) in [6, 6.07) is 0.322. The smallest absolute Gasteiger partial charge is 0.238 e. The zero-order chi connectivity index (χ0) is 11.1. The fourth-order valence-corrected chi connectivity index (χ4v) is 1.85. The van der Waals surface area contributed by atoms with Crippen LogP contribution in [-0.2, 0) is 4.79 Å². The lowest BCUT2D eigenvalue weighted by Crippen LogP contribution is -2.45. The van der Waals surface area contributed by atoms with E-state index in [4.69, 9.17) is 0 Å². The van der Waals surface area contributed by atoms with Crippen LogP contribution in [0.1, 0.15) is 20.3 Å². The molecule has 0 aromatic heterocycles. The van der Waals surface area contributed by atoms with Gasteiger partial charge in [0.05, 0.1) is 6.04 Å². The number of rotatable bonds is 6. The minimum atomic E-state index is -0.0816. The second-order valence-electron chi connectivity index (χ2n) is 3.80. The quantitative estimate of drug-likeness (QED) is 0.727. The molecule has 0 radical (unpaired) electrons. The molecule has 0 aliphatic heterocycles. The number of carbonyl (C=O) groups is 1. The summed E-state index contributed by atoms with van der Waals surface area (Å²) in [6.07, 6.45) is 3.20. The largest absolute Gasteiger partial charge is 0.347 e. The Kier molecular flexibility index (Phi) is 7.01. The van der Waals surface area contributed by atoms with Gasteiger partial charge in [0.1, 0.15) is 0 Å². The van der Waals surface area contributed by atoms with Crippen LogP contribution in [0, 0.1) is 0 Å². The molecule has 0 rings (SSSR count). The zero-order valence-corrected chi connectivity index (χ0v) is 10.6. The van der Waals surface area contributed by atoms with Gasteiger partial charge in [0.2, 0.25) is 5.91 Å². The molecular weight excluding hydrogens is 196 g/mol. The molecule has 0 fully saturated rings. The third-order valence-electron chi connectivity index (χ3n) is 2.10. The van der Waals surface area contributed by atoms with Crippen LogP contribution >= 0.6 is 11.8 Å². The molecule has 0 aliphatic rings. The Morgan fingerprint density at radius 1 is 1.43 bits per heavy atom. The highest BCUT2D eigenvalue weighted by molar-refractivity contribution is 7.98. The summed E-state index contributed by atoms with van der Waals surface area (Å²) in [5.41, 5.74) is 0. The highest BCUT2D eigenvalue weighted by atomic mass is 32.2. The summed E-state index contributed by atoms with van der Waals surface area (Å²) in [5.74, 6) is 1.28. The first-order valence-corrected chi connectivity index (χ1v) is 6.34. The van der Waals surface area contributed by atoms with Crippen molar-refractivity contribution in [1.29, 1.82) is 0 Å². The number of hydrogen-bond acceptors (Lipinski definition) is 3. The van der Waals surface area contributed by atoms with Gasteiger partial charge < -0.3 is 10.2 Å². The summed E-state index contributed by atoms with van der Waals surface area (Å²) >= 11 is 1.84. The summed E-state index contributed by atoms with van der Waals surface area (Å²) in [5, 5.41) is 3.29. The Hall–Kier alpha value is -0.220. The van der Waals surface area contributed by atoms with E-state index in [2.05, 4.69) is 18.5 Å². The fourth-order valence-electron chi connectivity index (χ4n) is 1.26. The Morgan fingerprint density at radius 2 is 2.00 bits per heavy atom. The van der Waals surface area contributed by atoms with E-state index in [1.54, 1.807) is 19.0 Å². The molecule has 1 N–H and O–H groups in total. The molecule has 2 atom stereocenters. The molecule has 14 heavy (non-hydrogen) atoms. The molecule has 0 saturated heterocycles.